The minimum Gasteiger partial charge on any atom is -0.330 e. The Bertz CT molecular complexity index is 444. The fourth-order valence-corrected chi connectivity index (χ4v) is 2.97. The number of hydrogen-bond acceptors (Lipinski definition) is 5. The largest absolute Gasteiger partial charge is 0.330 e. The van der Waals surface area contributed by atoms with Crippen molar-refractivity contribution in [2.75, 3.05) is 6.54 Å². The van der Waals surface area contributed by atoms with Gasteiger partial charge in [-0.15, -0.1) is 22.7 Å². The predicted molar refractivity (Wildman–Crippen MR) is 69.9 cm³/mol. The van der Waals surface area contributed by atoms with Crippen LogP contribution >= 0.6 is 22.7 Å². The molecule has 0 bridgehead atoms. The summed E-state index contributed by atoms with van der Waals surface area (Å²) in [4.78, 5) is 8.92. The van der Waals surface area contributed by atoms with Gasteiger partial charge in [-0.25, -0.2) is 9.97 Å². The van der Waals surface area contributed by atoms with Crippen LogP contribution < -0.4 is 5.73 Å². The van der Waals surface area contributed by atoms with E-state index in [0.29, 0.717) is 6.54 Å². The van der Waals surface area contributed by atoms with E-state index in [1.807, 2.05) is 10.9 Å². The smallest absolute Gasteiger partial charge is 0.143 e. The molecule has 0 aliphatic rings. The third kappa shape index (κ3) is 2.03. The Balaban J connectivity index is 2.33. The number of thiazole rings is 2. The molecule has 0 spiro atoms. The van der Waals surface area contributed by atoms with Crippen molar-refractivity contribution >= 4 is 22.7 Å². The van der Waals surface area contributed by atoms with Gasteiger partial charge in [0.25, 0.3) is 0 Å². The zero-order valence-electron chi connectivity index (χ0n) is 9.43. The van der Waals surface area contributed by atoms with E-state index >= 15 is 0 Å². The van der Waals surface area contributed by atoms with Crippen LogP contribution in [0.25, 0.3) is 10.7 Å². The summed E-state index contributed by atoms with van der Waals surface area (Å²) in [6.45, 7) is 4.94. The summed E-state index contributed by atoms with van der Waals surface area (Å²) in [7, 11) is 0. The summed E-state index contributed by atoms with van der Waals surface area (Å²) in [5.74, 6) is 0. The Kier molecular flexibility index (Phi) is 3.37. The van der Waals surface area contributed by atoms with E-state index in [9.17, 15) is 0 Å². The van der Waals surface area contributed by atoms with Gasteiger partial charge in [0.2, 0.25) is 0 Å². The van der Waals surface area contributed by atoms with Crippen LogP contribution in [0.15, 0.2) is 16.3 Å². The van der Waals surface area contributed by atoms with Crippen LogP contribution in [0.1, 0.15) is 26.0 Å². The second-order valence-electron chi connectivity index (χ2n) is 4.03. The van der Waals surface area contributed by atoms with Crippen LogP contribution in [0.3, 0.4) is 0 Å². The van der Waals surface area contributed by atoms with E-state index in [1.165, 1.54) is 0 Å². The number of nitrogens with zero attached hydrogens (tertiary/aromatic N) is 2. The van der Waals surface area contributed by atoms with Gasteiger partial charge < -0.3 is 5.73 Å². The molecule has 2 rings (SSSR count). The van der Waals surface area contributed by atoms with Crippen molar-refractivity contribution < 1.29 is 0 Å². The first-order valence-electron chi connectivity index (χ1n) is 5.24. The number of hydrogen-bond donors (Lipinski definition) is 1. The van der Waals surface area contributed by atoms with E-state index < -0.39 is 0 Å². The van der Waals surface area contributed by atoms with Gasteiger partial charge in [-0.1, -0.05) is 13.8 Å². The van der Waals surface area contributed by atoms with Gasteiger partial charge in [0, 0.05) is 22.7 Å². The van der Waals surface area contributed by atoms with Crippen LogP contribution in [-0.4, -0.2) is 16.5 Å². The monoisotopic (exact) mass is 253 g/mol. The second kappa shape index (κ2) is 4.61. The Morgan fingerprint density at radius 3 is 2.81 bits per heavy atom. The van der Waals surface area contributed by atoms with Crippen molar-refractivity contribution in [3.8, 4) is 10.7 Å². The molecule has 2 aromatic rings. The Morgan fingerprint density at radius 2 is 2.25 bits per heavy atom. The zero-order chi connectivity index (χ0) is 11.6. The quantitative estimate of drug-likeness (QED) is 0.911. The Morgan fingerprint density at radius 1 is 1.44 bits per heavy atom. The SMILES string of the molecule is CCC(C)(CN)c1csc(-c2cscn2)n1. The first kappa shape index (κ1) is 11.7. The highest BCUT2D eigenvalue weighted by molar-refractivity contribution is 7.13. The maximum absolute atomic E-state index is 5.83. The molecule has 1 unspecified atom stereocenters. The van der Waals surface area contributed by atoms with Crippen LogP contribution in [-0.2, 0) is 5.41 Å². The van der Waals surface area contributed by atoms with E-state index in [0.717, 1.165) is 22.8 Å². The van der Waals surface area contributed by atoms with Crippen molar-refractivity contribution in [3.05, 3.63) is 22.0 Å². The molecule has 0 aliphatic heterocycles. The summed E-state index contributed by atoms with van der Waals surface area (Å²) in [5, 5.41) is 5.11. The van der Waals surface area contributed by atoms with E-state index in [2.05, 4.69) is 29.2 Å². The molecule has 3 nitrogen and oxygen atoms in total. The van der Waals surface area contributed by atoms with Crippen molar-refractivity contribution in [2.24, 2.45) is 5.73 Å². The van der Waals surface area contributed by atoms with E-state index in [1.54, 1.807) is 22.7 Å². The molecule has 2 heterocycles. The minimum atomic E-state index is -0.00916. The van der Waals surface area contributed by atoms with E-state index in [4.69, 9.17) is 5.73 Å². The van der Waals surface area contributed by atoms with Gasteiger partial charge in [-0.05, 0) is 6.42 Å². The number of rotatable bonds is 4. The van der Waals surface area contributed by atoms with Gasteiger partial charge in [-0.2, -0.15) is 0 Å². The molecule has 0 aromatic carbocycles. The van der Waals surface area contributed by atoms with Gasteiger partial charge >= 0.3 is 0 Å². The van der Waals surface area contributed by atoms with Gasteiger partial charge in [0.05, 0.1) is 11.2 Å². The third-order valence-corrected chi connectivity index (χ3v) is 4.46. The normalized spacial score (nSPS) is 14.9. The molecular weight excluding hydrogens is 238 g/mol. The summed E-state index contributed by atoms with van der Waals surface area (Å²) >= 11 is 3.24. The lowest BCUT2D eigenvalue weighted by atomic mass is 9.85. The molecule has 0 aliphatic carbocycles. The average molecular weight is 253 g/mol. The molecule has 0 saturated heterocycles. The zero-order valence-corrected chi connectivity index (χ0v) is 11.1. The average Bonchev–Trinajstić information content (AvgIpc) is 2.97. The van der Waals surface area contributed by atoms with Crippen LogP contribution in [0, 0.1) is 0 Å². The lowest BCUT2D eigenvalue weighted by molar-refractivity contribution is 0.456. The standard InChI is InChI=1S/C11H15N3S2/c1-3-11(2,6-12)9-5-16-10(14-9)8-4-15-7-13-8/h4-5,7H,3,6,12H2,1-2H3. The first-order chi connectivity index (χ1) is 7.69. The highest BCUT2D eigenvalue weighted by Gasteiger charge is 2.26. The molecule has 0 fully saturated rings. The molecule has 2 aromatic heterocycles. The van der Waals surface area contributed by atoms with Crippen molar-refractivity contribution in [1.29, 1.82) is 0 Å². The molecule has 0 saturated carbocycles. The number of aromatic nitrogens is 2. The maximum Gasteiger partial charge on any atom is 0.143 e. The Labute approximate surface area is 103 Å². The molecule has 5 heteroatoms. The van der Waals surface area contributed by atoms with Gasteiger partial charge in [0.1, 0.15) is 10.7 Å². The van der Waals surface area contributed by atoms with Crippen molar-refractivity contribution in [1.82, 2.24) is 9.97 Å². The minimum absolute atomic E-state index is 0.00916. The van der Waals surface area contributed by atoms with Crippen molar-refractivity contribution in [3.63, 3.8) is 0 Å². The molecule has 0 amide bonds. The van der Waals surface area contributed by atoms with Crippen molar-refractivity contribution in [2.45, 2.75) is 25.7 Å². The Hall–Kier alpha value is -0.780. The van der Waals surface area contributed by atoms with Crippen LogP contribution in [0.2, 0.25) is 0 Å². The summed E-state index contributed by atoms with van der Waals surface area (Å²) in [5.41, 5.74) is 9.71. The van der Waals surface area contributed by atoms with Crippen LogP contribution in [0.5, 0.6) is 0 Å². The third-order valence-electron chi connectivity index (χ3n) is 3.00. The topological polar surface area (TPSA) is 51.8 Å². The second-order valence-corrected chi connectivity index (χ2v) is 5.61. The summed E-state index contributed by atoms with van der Waals surface area (Å²) in [6, 6.07) is 0. The number of nitrogens with two attached hydrogens (primary N) is 1. The molecule has 0 radical (unpaired) electrons. The van der Waals surface area contributed by atoms with Gasteiger partial charge in [0.15, 0.2) is 0 Å². The maximum atomic E-state index is 5.83. The molecule has 86 valence electrons. The first-order valence-corrected chi connectivity index (χ1v) is 7.06. The molecule has 16 heavy (non-hydrogen) atoms. The fraction of sp³-hybridized carbons (Fsp3) is 0.455. The molecular formula is C11H15N3S2. The predicted octanol–water partition coefficient (Wildman–Crippen LogP) is 2.89. The summed E-state index contributed by atoms with van der Waals surface area (Å²) < 4.78 is 0. The lowest BCUT2D eigenvalue weighted by Crippen LogP contribution is -2.31. The highest BCUT2D eigenvalue weighted by Crippen LogP contribution is 2.31. The molecule has 2 N–H and O–H groups in total. The van der Waals surface area contributed by atoms with Crippen LogP contribution in [0.4, 0.5) is 0 Å². The molecule has 1 atom stereocenters. The lowest BCUT2D eigenvalue weighted by Gasteiger charge is -2.23. The van der Waals surface area contributed by atoms with E-state index in [-0.39, 0.29) is 5.41 Å². The van der Waals surface area contributed by atoms with Gasteiger partial charge in [-0.3, -0.25) is 0 Å². The highest BCUT2D eigenvalue weighted by atomic mass is 32.1. The fourth-order valence-electron chi connectivity index (χ4n) is 1.42. The summed E-state index contributed by atoms with van der Waals surface area (Å²) in [6.07, 6.45) is 1.00.